The lowest BCUT2D eigenvalue weighted by Crippen LogP contribution is -2.35. The highest BCUT2D eigenvalue weighted by atomic mass is 16.5. The Kier molecular flexibility index (Phi) is 1.84. The zero-order valence-electron chi connectivity index (χ0n) is 7.10. The number of nitrogens with zero attached hydrogens (tertiary/aromatic N) is 2. The van der Waals surface area contributed by atoms with Gasteiger partial charge >= 0.3 is 0 Å². The number of nitriles is 1. The summed E-state index contributed by atoms with van der Waals surface area (Å²) in [5, 5.41) is 18.5. The van der Waals surface area contributed by atoms with Crippen molar-refractivity contribution in [3.05, 3.63) is 23.8 Å². The minimum atomic E-state index is -0.526. The molecule has 0 unspecified atom stereocenters. The van der Waals surface area contributed by atoms with Gasteiger partial charge < -0.3 is 4.74 Å². The maximum absolute atomic E-state index is 11.0. The third kappa shape index (κ3) is 1.18. The molecule has 1 aromatic carbocycles. The molecule has 1 aromatic rings. The van der Waals surface area contributed by atoms with E-state index in [1.807, 2.05) is 6.07 Å². The van der Waals surface area contributed by atoms with Crippen LogP contribution in [0.4, 0.5) is 5.69 Å². The van der Waals surface area contributed by atoms with Crippen molar-refractivity contribution in [2.45, 2.75) is 0 Å². The monoisotopic (exact) mass is 190 g/mol. The van der Waals surface area contributed by atoms with Gasteiger partial charge in [-0.25, -0.2) is 0 Å². The number of amides is 1. The van der Waals surface area contributed by atoms with Gasteiger partial charge in [0.2, 0.25) is 0 Å². The summed E-state index contributed by atoms with van der Waals surface area (Å²) in [6, 6.07) is 6.38. The van der Waals surface area contributed by atoms with E-state index in [1.165, 1.54) is 18.2 Å². The molecule has 0 saturated carbocycles. The molecule has 0 bridgehead atoms. The van der Waals surface area contributed by atoms with Gasteiger partial charge in [0.15, 0.2) is 6.61 Å². The first kappa shape index (κ1) is 8.53. The number of ether oxygens (including phenoxy) is 1. The van der Waals surface area contributed by atoms with Crippen molar-refractivity contribution in [3.63, 3.8) is 0 Å². The number of anilines is 1. The number of hydrogen-bond acceptors (Lipinski definition) is 4. The second kappa shape index (κ2) is 3.01. The Morgan fingerprint density at radius 2 is 2.36 bits per heavy atom. The fourth-order valence-corrected chi connectivity index (χ4v) is 1.21. The molecule has 0 aromatic heterocycles. The Bertz CT molecular complexity index is 436. The molecule has 1 aliphatic rings. The smallest absolute Gasteiger partial charge is 0.288 e. The van der Waals surface area contributed by atoms with Gasteiger partial charge in [0.25, 0.3) is 5.91 Å². The molecule has 0 aliphatic carbocycles. The molecular weight excluding hydrogens is 184 g/mol. The quantitative estimate of drug-likeness (QED) is 0.610. The van der Waals surface area contributed by atoms with Crippen molar-refractivity contribution in [1.82, 2.24) is 0 Å². The van der Waals surface area contributed by atoms with Crippen LogP contribution in [0.1, 0.15) is 5.56 Å². The summed E-state index contributed by atoms with van der Waals surface area (Å²) in [7, 11) is 0. The normalized spacial score (nSPS) is 14.3. The van der Waals surface area contributed by atoms with E-state index in [0.717, 1.165) is 0 Å². The lowest BCUT2D eigenvalue weighted by Gasteiger charge is -2.23. The molecule has 5 heteroatoms. The highest BCUT2D eigenvalue weighted by Gasteiger charge is 2.24. The van der Waals surface area contributed by atoms with E-state index in [4.69, 9.17) is 10.00 Å². The molecule has 1 aliphatic heterocycles. The number of carbonyl (C=O) groups is 1. The van der Waals surface area contributed by atoms with Crippen LogP contribution >= 0.6 is 0 Å². The zero-order valence-corrected chi connectivity index (χ0v) is 7.10. The first-order valence-corrected chi connectivity index (χ1v) is 3.91. The fraction of sp³-hybridized carbons (Fsp3) is 0.111. The summed E-state index contributed by atoms with van der Waals surface area (Å²) in [6.45, 7) is -0.210. The molecule has 1 N–H and O–H groups in total. The van der Waals surface area contributed by atoms with E-state index in [1.54, 1.807) is 0 Å². The van der Waals surface area contributed by atoms with Crippen molar-refractivity contribution >= 4 is 11.6 Å². The van der Waals surface area contributed by atoms with E-state index >= 15 is 0 Å². The summed E-state index contributed by atoms with van der Waals surface area (Å²) >= 11 is 0. The Labute approximate surface area is 79.7 Å². The Hall–Kier alpha value is -2.06. The van der Waals surface area contributed by atoms with Crippen LogP contribution in [-0.2, 0) is 4.79 Å². The minimum Gasteiger partial charge on any atom is -0.481 e. The van der Waals surface area contributed by atoms with Gasteiger partial charge in [-0.15, -0.1) is 0 Å². The van der Waals surface area contributed by atoms with Crippen molar-refractivity contribution in [2.75, 3.05) is 11.7 Å². The largest absolute Gasteiger partial charge is 0.481 e. The Morgan fingerprint density at radius 1 is 1.57 bits per heavy atom. The van der Waals surface area contributed by atoms with Crippen molar-refractivity contribution < 1.29 is 14.7 Å². The van der Waals surface area contributed by atoms with Crippen LogP contribution in [0.5, 0.6) is 5.75 Å². The Balaban J connectivity index is 2.50. The molecule has 5 nitrogen and oxygen atoms in total. The Morgan fingerprint density at radius 3 is 3.07 bits per heavy atom. The summed E-state index contributed by atoms with van der Waals surface area (Å²) in [5.41, 5.74) is 0.687. The summed E-state index contributed by atoms with van der Waals surface area (Å²) < 4.78 is 5.05. The molecule has 2 rings (SSSR count). The SMILES string of the molecule is N#Cc1ccc2c(c1)OCC(=O)N2O. The van der Waals surface area contributed by atoms with Crippen LogP contribution in [-0.4, -0.2) is 17.7 Å². The van der Waals surface area contributed by atoms with Crippen LogP contribution < -0.4 is 9.80 Å². The molecule has 0 atom stereocenters. The molecule has 0 saturated heterocycles. The van der Waals surface area contributed by atoms with Gasteiger partial charge in [-0.1, -0.05) is 0 Å². The standard InChI is InChI=1S/C9H6N2O3/c10-4-6-1-2-7-8(3-6)14-5-9(12)11(7)13/h1-3,13H,5H2. The predicted molar refractivity (Wildman–Crippen MR) is 45.9 cm³/mol. The van der Waals surface area contributed by atoms with Gasteiger partial charge in [0.05, 0.1) is 11.6 Å². The molecule has 0 radical (unpaired) electrons. The third-order valence-corrected chi connectivity index (χ3v) is 1.90. The molecule has 1 amide bonds. The van der Waals surface area contributed by atoms with E-state index < -0.39 is 5.91 Å². The molecule has 0 spiro atoms. The van der Waals surface area contributed by atoms with Gasteiger partial charge in [-0.2, -0.15) is 10.3 Å². The fourth-order valence-electron chi connectivity index (χ4n) is 1.21. The lowest BCUT2D eigenvalue weighted by atomic mass is 10.2. The van der Waals surface area contributed by atoms with Crippen LogP contribution in [0.15, 0.2) is 18.2 Å². The zero-order chi connectivity index (χ0) is 10.1. The second-order valence-corrected chi connectivity index (χ2v) is 2.79. The lowest BCUT2D eigenvalue weighted by molar-refractivity contribution is -0.126. The number of carbonyl (C=O) groups excluding carboxylic acids is 1. The van der Waals surface area contributed by atoms with Gasteiger partial charge in [0.1, 0.15) is 11.4 Å². The number of fused-ring (bicyclic) bond motifs is 1. The molecule has 1 heterocycles. The minimum absolute atomic E-state index is 0.210. The average Bonchev–Trinajstić information content (AvgIpc) is 2.23. The van der Waals surface area contributed by atoms with Crippen LogP contribution in [0.2, 0.25) is 0 Å². The first-order valence-electron chi connectivity index (χ1n) is 3.91. The topological polar surface area (TPSA) is 73.6 Å². The molecule has 0 fully saturated rings. The van der Waals surface area contributed by atoms with E-state index in [0.29, 0.717) is 16.4 Å². The van der Waals surface area contributed by atoms with E-state index in [9.17, 15) is 10.0 Å². The highest BCUT2D eigenvalue weighted by Crippen LogP contribution is 2.31. The third-order valence-electron chi connectivity index (χ3n) is 1.90. The number of rotatable bonds is 0. The van der Waals surface area contributed by atoms with Crippen molar-refractivity contribution in [2.24, 2.45) is 0 Å². The molecular formula is C9H6N2O3. The molecule has 14 heavy (non-hydrogen) atoms. The van der Waals surface area contributed by atoms with Crippen LogP contribution in [0.25, 0.3) is 0 Å². The van der Waals surface area contributed by atoms with Gasteiger partial charge in [0, 0.05) is 6.07 Å². The summed E-state index contributed by atoms with van der Waals surface area (Å²) in [5.74, 6) is -0.187. The molecule has 70 valence electrons. The van der Waals surface area contributed by atoms with E-state index in [2.05, 4.69) is 0 Å². The van der Waals surface area contributed by atoms with Crippen LogP contribution in [0.3, 0.4) is 0 Å². The maximum Gasteiger partial charge on any atom is 0.288 e. The second-order valence-electron chi connectivity index (χ2n) is 2.79. The summed E-state index contributed by atoms with van der Waals surface area (Å²) in [6.07, 6.45) is 0. The van der Waals surface area contributed by atoms with Crippen LogP contribution in [0, 0.1) is 11.3 Å². The van der Waals surface area contributed by atoms with Gasteiger partial charge in [-0.05, 0) is 12.1 Å². The number of benzene rings is 1. The average molecular weight is 190 g/mol. The van der Waals surface area contributed by atoms with Crippen molar-refractivity contribution in [3.8, 4) is 11.8 Å². The predicted octanol–water partition coefficient (Wildman–Crippen LogP) is 0.673. The number of hydroxylamine groups is 1. The van der Waals surface area contributed by atoms with Crippen molar-refractivity contribution in [1.29, 1.82) is 5.26 Å². The van der Waals surface area contributed by atoms with E-state index in [-0.39, 0.29) is 12.3 Å². The maximum atomic E-state index is 11.0. The summed E-state index contributed by atoms with van der Waals surface area (Å²) in [4.78, 5) is 11.0. The highest BCUT2D eigenvalue weighted by molar-refractivity contribution is 5.95. The van der Waals surface area contributed by atoms with Gasteiger partial charge in [-0.3, -0.25) is 10.0 Å². The number of hydrogen-bond donors (Lipinski definition) is 1. The first-order chi connectivity index (χ1) is 6.72.